The summed E-state index contributed by atoms with van der Waals surface area (Å²) in [5, 5.41) is 5.32. The number of aromatic nitrogens is 2. The fraction of sp³-hybridized carbons (Fsp3) is 0.412. The van der Waals surface area contributed by atoms with Crippen molar-refractivity contribution in [2.24, 2.45) is 7.05 Å². The van der Waals surface area contributed by atoms with Crippen LogP contribution in [0.3, 0.4) is 0 Å². The molecule has 9 heteroatoms. The van der Waals surface area contributed by atoms with E-state index < -0.39 is 11.9 Å². The van der Waals surface area contributed by atoms with Crippen LogP contribution in [0.4, 0.5) is 5.69 Å². The summed E-state index contributed by atoms with van der Waals surface area (Å²) in [5.74, 6) is -0.804. The molecule has 1 atom stereocenters. The smallest absolute Gasteiger partial charge is 0.310 e. The number of aryl methyl sites for hydroxylation is 1. The predicted octanol–water partition coefficient (Wildman–Crippen LogP) is -0.746. The molecule has 2 aliphatic heterocycles. The van der Waals surface area contributed by atoms with Crippen molar-refractivity contribution in [1.29, 1.82) is 0 Å². The molecule has 0 spiro atoms. The molecule has 3 amide bonds. The number of amides is 3. The average molecular weight is 357 g/mol. The number of nitrogens with one attached hydrogen (secondary N) is 2. The molecule has 2 N–H and O–H groups in total. The Morgan fingerprint density at radius 1 is 1.12 bits per heavy atom. The summed E-state index contributed by atoms with van der Waals surface area (Å²) in [5.41, 5.74) is 1.65. The number of fused-ring (bicyclic) bond motifs is 1. The highest BCUT2D eigenvalue weighted by molar-refractivity contribution is 6.00. The molecule has 26 heavy (non-hydrogen) atoms. The lowest BCUT2D eigenvalue weighted by atomic mass is 10.1. The van der Waals surface area contributed by atoms with E-state index in [2.05, 4.69) is 10.6 Å². The molecule has 3 heterocycles. The SMILES string of the molecule is Cn1c(=O)n(C2CCC(=O)NC2=O)c2ccc(N3CCNCC3=O)cc21. The highest BCUT2D eigenvalue weighted by Crippen LogP contribution is 2.26. The van der Waals surface area contributed by atoms with Gasteiger partial charge in [-0.1, -0.05) is 0 Å². The van der Waals surface area contributed by atoms with Gasteiger partial charge in [-0.05, 0) is 24.6 Å². The summed E-state index contributed by atoms with van der Waals surface area (Å²) < 4.78 is 2.90. The molecule has 0 aliphatic carbocycles. The number of carbonyl (C=O) groups excluding carboxylic acids is 3. The maximum atomic E-state index is 12.7. The molecule has 2 fully saturated rings. The summed E-state index contributed by atoms with van der Waals surface area (Å²) in [6.45, 7) is 1.56. The number of nitrogens with zero attached hydrogens (tertiary/aromatic N) is 3. The van der Waals surface area contributed by atoms with E-state index in [1.165, 1.54) is 9.13 Å². The van der Waals surface area contributed by atoms with Gasteiger partial charge in [-0.25, -0.2) is 4.79 Å². The molecule has 1 unspecified atom stereocenters. The second-order valence-electron chi connectivity index (χ2n) is 6.57. The topological polar surface area (TPSA) is 105 Å². The molecule has 2 saturated heterocycles. The number of benzene rings is 1. The maximum Gasteiger partial charge on any atom is 0.329 e. The molecular formula is C17H19N5O4. The monoisotopic (exact) mass is 357 g/mol. The van der Waals surface area contributed by atoms with Gasteiger partial charge in [0.1, 0.15) is 6.04 Å². The van der Waals surface area contributed by atoms with Crippen molar-refractivity contribution in [1.82, 2.24) is 19.8 Å². The first-order chi connectivity index (χ1) is 12.5. The Labute approximate surface area is 148 Å². The largest absolute Gasteiger partial charge is 0.329 e. The van der Waals surface area contributed by atoms with Gasteiger partial charge in [0.2, 0.25) is 17.7 Å². The van der Waals surface area contributed by atoms with Crippen LogP contribution in [-0.4, -0.2) is 46.5 Å². The molecule has 1 aromatic carbocycles. The third kappa shape index (κ3) is 2.51. The second-order valence-corrected chi connectivity index (χ2v) is 6.57. The van der Waals surface area contributed by atoms with E-state index in [9.17, 15) is 19.2 Å². The van der Waals surface area contributed by atoms with E-state index in [-0.39, 0.29) is 30.5 Å². The summed E-state index contributed by atoms with van der Waals surface area (Å²) in [6.07, 6.45) is 0.494. The van der Waals surface area contributed by atoms with Crippen LogP contribution in [0.2, 0.25) is 0 Å². The van der Waals surface area contributed by atoms with E-state index in [1.54, 1.807) is 30.1 Å². The van der Waals surface area contributed by atoms with Crippen LogP contribution in [0.1, 0.15) is 18.9 Å². The molecule has 2 aliphatic rings. The number of piperazine rings is 1. The van der Waals surface area contributed by atoms with Gasteiger partial charge in [0, 0.05) is 32.2 Å². The van der Waals surface area contributed by atoms with Gasteiger partial charge in [0.15, 0.2) is 0 Å². The number of imidazole rings is 1. The van der Waals surface area contributed by atoms with E-state index >= 15 is 0 Å². The van der Waals surface area contributed by atoms with Gasteiger partial charge in [0.05, 0.1) is 17.6 Å². The van der Waals surface area contributed by atoms with Crippen LogP contribution >= 0.6 is 0 Å². The number of rotatable bonds is 2. The predicted molar refractivity (Wildman–Crippen MR) is 93.8 cm³/mol. The number of piperidine rings is 1. The Morgan fingerprint density at radius 3 is 2.65 bits per heavy atom. The standard InChI is InChI=1S/C17H19N5O4/c1-20-13-8-10(21-7-6-18-9-15(21)24)2-3-11(13)22(17(20)26)12-4-5-14(23)19-16(12)25/h2-3,8,12,18H,4-7,9H2,1H3,(H,19,23,25). The molecule has 0 radical (unpaired) electrons. The van der Waals surface area contributed by atoms with Crippen molar-refractivity contribution < 1.29 is 14.4 Å². The summed E-state index contributed by atoms with van der Waals surface area (Å²) >= 11 is 0. The van der Waals surface area contributed by atoms with Crippen LogP contribution in [0, 0.1) is 0 Å². The van der Waals surface area contributed by atoms with Gasteiger partial charge in [-0.15, -0.1) is 0 Å². The lowest BCUT2D eigenvalue weighted by Gasteiger charge is -2.27. The number of imide groups is 1. The van der Waals surface area contributed by atoms with Crippen LogP contribution in [0.5, 0.6) is 0 Å². The Morgan fingerprint density at radius 2 is 1.92 bits per heavy atom. The number of hydrogen-bond donors (Lipinski definition) is 2. The van der Waals surface area contributed by atoms with Crippen molar-refractivity contribution in [2.75, 3.05) is 24.5 Å². The Hall–Kier alpha value is -2.94. The van der Waals surface area contributed by atoms with Crippen LogP contribution in [-0.2, 0) is 21.4 Å². The van der Waals surface area contributed by atoms with Crippen molar-refractivity contribution in [3.63, 3.8) is 0 Å². The fourth-order valence-electron chi connectivity index (χ4n) is 3.63. The third-order valence-corrected chi connectivity index (χ3v) is 5.00. The van der Waals surface area contributed by atoms with Crippen LogP contribution < -0.4 is 21.2 Å². The highest BCUT2D eigenvalue weighted by atomic mass is 16.2. The molecule has 0 saturated carbocycles. The lowest BCUT2D eigenvalue weighted by molar-refractivity contribution is -0.135. The van der Waals surface area contributed by atoms with Crippen molar-refractivity contribution in [2.45, 2.75) is 18.9 Å². The van der Waals surface area contributed by atoms with Gasteiger partial charge >= 0.3 is 5.69 Å². The second kappa shape index (κ2) is 6.10. The maximum absolute atomic E-state index is 12.7. The van der Waals surface area contributed by atoms with Gasteiger partial charge in [-0.2, -0.15) is 0 Å². The van der Waals surface area contributed by atoms with E-state index in [0.29, 0.717) is 30.5 Å². The molecule has 1 aromatic heterocycles. The molecule has 4 rings (SSSR count). The van der Waals surface area contributed by atoms with E-state index in [4.69, 9.17) is 0 Å². The van der Waals surface area contributed by atoms with Crippen molar-refractivity contribution in [3.05, 3.63) is 28.7 Å². The van der Waals surface area contributed by atoms with Crippen LogP contribution in [0.25, 0.3) is 11.0 Å². The summed E-state index contributed by atoms with van der Waals surface area (Å²) in [4.78, 5) is 50.1. The lowest BCUT2D eigenvalue weighted by Crippen LogP contribution is -2.48. The Bertz CT molecular complexity index is 989. The minimum Gasteiger partial charge on any atom is -0.310 e. The van der Waals surface area contributed by atoms with E-state index in [0.717, 1.165) is 5.69 Å². The summed E-state index contributed by atoms with van der Waals surface area (Å²) in [6, 6.07) is 4.62. The first kappa shape index (κ1) is 16.5. The normalized spacial score (nSPS) is 21.3. The molecular weight excluding hydrogens is 338 g/mol. The van der Waals surface area contributed by atoms with Gasteiger partial charge in [-0.3, -0.25) is 28.8 Å². The Balaban J connectivity index is 1.80. The molecule has 2 aromatic rings. The zero-order valence-corrected chi connectivity index (χ0v) is 14.3. The van der Waals surface area contributed by atoms with Gasteiger partial charge < -0.3 is 10.2 Å². The first-order valence-corrected chi connectivity index (χ1v) is 8.53. The number of carbonyl (C=O) groups is 3. The molecule has 136 valence electrons. The Kier molecular flexibility index (Phi) is 3.87. The zero-order chi connectivity index (χ0) is 18.4. The van der Waals surface area contributed by atoms with Crippen LogP contribution in [0.15, 0.2) is 23.0 Å². The molecule has 0 bridgehead atoms. The van der Waals surface area contributed by atoms with Crippen molar-refractivity contribution in [3.8, 4) is 0 Å². The number of anilines is 1. The van der Waals surface area contributed by atoms with E-state index in [1.807, 2.05) is 0 Å². The quantitative estimate of drug-likeness (QED) is 0.689. The number of hydrogen-bond acceptors (Lipinski definition) is 5. The third-order valence-electron chi connectivity index (χ3n) is 5.00. The minimum atomic E-state index is -0.712. The summed E-state index contributed by atoms with van der Waals surface area (Å²) in [7, 11) is 1.64. The first-order valence-electron chi connectivity index (χ1n) is 8.53. The molecule has 9 nitrogen and oxygen atoms in total. The average Bonchev–Trinajstić information content (AvgIpc) is 2.87. The van der Waals surface area contributed by atoms with Crippen molar-refractivity contribution >= 4 is 34.4 Å². The fourth-order valence-corrected chi connectivity index (χ4v) is 3.63. The minimum absolute atomic E-state index is 0.0230. The highest BCUT2D eigenvalue weighted by Gasteiger charge is 2.31. The zero-order valence-electron chi connectivity index (χ0n) is 14.3. The van der Waals surface area contributed by atoms with Gasteiger partial charge in [0.25, 0.3) is 0 Å².